The van der Waals surface area contributed by atoms with Crippen LogP contribution < -0.4 is 24.8 Å². The first-order valence-corrected chi connectivity index (χ1v) is 9.55. The van der Waals surface area contributed by atoms with Crippen molar-refractivity contribution in [1.29, 1.82) is 0 Å². The van der Waals surface area contributed by atoms with Gasteiger partial charge >= 0.3 is 36.6 Å². The summed E-state index contributed by atoms with van der Waals surface area (Å²) in [4.78, 5) is 18.5. The second-order valence-electron chi connectivity index (χ2n) is 7.00. The first-order valence-electron chi connectivity index (χ1n) is 9.55. The van der Waals surface area contributed by atoms with E-state index in [0.29, 0.717) is 0 Å². The summed E-state index contributed by atoms with van der Waals surface area (Å²) < 4.78 is 175. The lowest BCUT2D eigenvalue weighted by Crippen LogP contribution is -2.42. The summed E-state index contributed by atoms with van der Waals surface area (Å²) in [5.41, 5.74) is -0.208. The maximum Gasteiger partial charge on any atom is 0.573 e. The summed E-state index contributed by atoms with van der Waals surface area (Å²) >= 11 is 0. The Labute approximate surface area is 207 Å². The van der Waals surface area contributed by atoms with Gasteiger partial charge < -0.3 is 19.5 Å². The number of nitrogens with zero attached hydrogens (tertiary/aromatic N) is 2. The molecule has 2 amide bonds. The van der Waals surface area contributed by atoms with Crippen LogP contribution >= 0.6 is 0 Å². The van der Waals surface area contributed by atoms with E-state index in [1.165, 1.54) is 0 Å². The van der Waals surface area contributed by atoms with E-state index in [1.54, 1.807) is 5.32 Å². The Hall–Kier alpha value is -3.94. The standard InChI is InChI=1S/C18H11F13N4O4/c19-14(20,16(23,24)25)6-37-10-5-11(38-7-15(21,22)17(26,27)28)34-12(33-10)35-13(36)32-8-1-3-9(4-2-8)39-18(29,30)31/h1-5H,6-7H2,(H2,32,33,34,35,36). The first-order chi connectivity index (χ1) is 17.6. The Morgan fingerprint density at radius 2 is 1.13 bits per heavy atom. The summed E-state index contributed by atoms with van der Waals surface area (Å²) in [7, 11) is 0. The molecular formula is C18H11F13N4O4. The normalized spacial score (nSPS) is 13.1. The van der Waals surface area contributed by atoms with Crippen molar-refractivity contribution in [1.82, 2.24) is 9.97 Å². The van der Waals surface area contributed by atoms with Crippen LogP contribution in [-0.2, 0) is 0 Å². The van der Waals surface area contributed by atoms with Crippen LogP contribution in [0.5, 0.6) is 17.5 Å². The van der Waals surface area contributed by atoms with Gasteiger partial charge in [0.15, 0.2) is 13.2 Å². The van der Waals surface area contributed by atoms with E-state index in [1.807, 2.05) is 5.32 Å². The fraction of sp³-hybridized carbons (Fsp3) is 0.389. The molecule has 0 spiro atoms. The molecule has 21 heteroatoms. The van der Waals surface area contributed by atoms with E-state index in [4.69, 9.17) is 0 Å². The molecule has 0 unspecified atom stereocenters. The topological polar surface area (TPSA) is 94.6 Å². The summed E-state index contributed by atoms with van der Waals surface area (Å²) in [6.45, 7) is -4.85. The minimum atomic E-state index is -6.10. The molecule has 0 bridgehead atoms. The van der Waals surface area contributed by atoms with Gasteiger partial charge in [0.25, 0.3) is 0 Å². The molecule has 1 aromatic carbocycles. The van der Waals surface area contributed by atoms with Crippen LogP contribution in [0.1, 0.15) is 0 Å². The van der Waals surface area contributed by atoms with Gasteiger partial charge in [0.1, 0.15) is 5.75 Å². The number of rotatable bonds is 9. The van der Waals surface area contributed by atoms with E-state index >= 15 is 0 Å². The SMILES string of the molecule is O=C(Nc1ccc(OC(F)(F)F)cc1)Nc1nc(OCC(F)(F)C(F)(F)F)cc(OCC(F)(F)C(F)(F)F)n1. The predicted octanol–water partition coefficient (Wildman–Crippen LogP) is 6.17. The Balaban J connectivity index is 2.22. The van der Waals surface area contributed by atoms with Gasteiger partial charge in [-0.1, -0.05) is 0 Å². The number of ether oxygens (including phenoxy) is 3. The predicted molar refractivity (Wildman–Crippen MR) is 101 cm³/mol. The molecule has 2 N–H and O–H groups in total. The molecule has 0 aliphatic heterocycles. The van der Waals surface area contributed by atoms with Gasteiger partial charge in [-0.2, -0.15) is 53.9 Å². The number of halogens is 13. The molecule has 39 heavy (non-hydrogen) atoms. The Morgan fingerprint density at radius 1 is 0.692 bits per heavy atom. The minimum Gasteiger partial charge on any atom is -0.471 e. The highest BCUT2D eigenvalue weighted by molar-refractivity contribution is 5.98. The van der Waals surface area contributed by atoms with Crippen LogP contribution in [0, 0.1) is 0 Å². The number of aromatic nitrogens is 2. The highest BCUT2D eigenvalue weighted by atomic mass is 19.4. The third-order valence-corrected chi connectivity index (χ3v) is 3.88. The summed E-state index contributed by atoms with van der Waals surface area (Å²) in [6, 6.07) is 2.15. The zero-order chi connectivity index (χ0) is 29.9. The number of benzene rings is 1. The van der Waals surface area contributed by atoms with Crippen molar-refractivity contribution in [3.8, 4) is 17.5 Å². The number of alkyl halides is 13. The fourth-order valence-electron chi connectivity index (χ4n) is 2.10. The van der Waals surface area contributed by atoms with Crippen LogP contribution in [0.25, 0.3) is 0 Å². The third kappa shape index (κ3) is 9.39. The quantitative estimate of drug-likeness (QED) is 0.338. The molecule has 0 atom stereocenters. The zero-order valence-corrected chi connectivity index (χ0v) is 18.2. The Bertz CT molecular complexity index is 1090. The van der Waals surface area contributed by atoms with Crippen molar-refractivity contribution < 1.29 is 76.1 Å². The number of nitrogens with one attached hydrogen (secondary N) is 2. The van der Waals surface area contributed by atoms with Crippen molar-refractivity contribution in [3.63, 3.8) is 0 Å². The average molecular weight is 594 g/mol. The Morgan fingerprint density at radius 3 is 1.51 bits per heavy atom. The van der Waals surface area contributed by atoms with Crippen LogP contribution in [0.2, 0.25) is 0 Å². The molecule has 1 heterocycles. The molecular weight excluding hydrogens is 583 g/mol. The number of hydrogen-bond donors (Lipinski definition) is 2. The van der Waals surface area contributed by atoms with Gasteiger partial charge in [-0.05, 0) is 24.3 Å². The lowest BCUT2D eigenvalue weighted by molar-refractivity contribution is -0.290. The van der Waals surface area contributed by atoms with E-state index in [9.17, 15) is 61.9 Å². The molecule has 218 valence electrons. The van der Waals surface area contributed by atoms with E-state index in [0.717, 1.165) is 24.3 Å². The second kappa shape index (κ2) is 11.0. The van der Waals surface area contributed by atoms with Gasteiger partial charge in [0.05, 0.1) is 6.07 Å². The van der Waals surface area contributed by atoms with Gasteiger partial charge in [0.2, 0.25) is 17.7 Å². The zero-order valence-electron chi connectivity index (χ0n) is 18.2. The molecule has 2 rings (SSSR count). The van der Waals surface area contributed by atoms with Crippen molar-refractivity contribution >= 4 is 17.7 Å². The lowest BCUT2D eigenvalue weighted by Gasteiger charge is -2.21. The number of carbonyl (C=O) groups excluding carboxylic acids is 1. The number of urea groups is 1. The number of carbonyl (C=O) groups is 1. The van der Waals surface area contributed by atoms with Crippen molar-refractivity contribution in [3.05, 3.63) is 30.3 Å². The van der Waals surface area contributed by atoms with Crippen LogP contribution in [0.15, 0.2) is 30.3 Å². The smallest absolute Gasteiger partial charge is 0.471 e. The number of anilines is 2. The summed E-state index contributed by atoms with van der Waals surface area (Å²) in [6.07, 6.45) is -17.2. The third-order valence-electron chi connectivity index (χ3n) is 3.88. The highest BCUT2D eigenvalue weighted by Crippen LogP contribution is 2.37. The highest BCUT2D eigenvalue weighted by Gasteiger charge is 2.59. The van der Waals surface area contributed by atoms with E-state index in [2.05, 4.69) is 24.2 Å². The van der Waals surface area contributed by atoms with Crippen molar-refractivity contribution in [2.24, 2.45) is 0 Å². The number of hydrogen-bond acceptors (Lipinski definition) is 6. The first kappa shape index (κ1) is 31.3. The molecule has 8 nitrogen and oxygen atoms in total. The van der Waals surface area contributed by atoms with Crippen molar-refractivity contribution in [2.45, 2.75) is 30.6 Å². The monoisotopic (exact) mass is 594 g/mol. The molecule has 1 aromatic heterocycles. The maximum atomic E-state index is 13.1. The van der Waals surface area contributed by atoms with Crippen LogP contribution in [-0.4, -0.2) is 59.8 Å². The van der Waals surface area contributed by atoms with Gasteiger partial charge in [-0.25, -0.2) is 4.79 Å². The van der Waals surface area contributed by atoms with Crippen LogP contribution in [0.4, 0.5) is 73.5 Å². The summed E-state index contributed by atoms with van der Waals surface area (Å²) in [5.74, 6) is -15.3. The van der Waals surface area contributed by atoms with Crippen LogP contribution in [0.3, 0.4) is 0 Å². The molecule has 0 saturated carbocycles. The number of amides is 2. The van der Waals surface area contributed by atoms with Crippen molar-refractivity contribution in [2.75, 3.05) is 23.8 Å². The molecule has 0 aliphatic rings. The molecule has 0 radical (unpaired) electrons. The lowest BCUT2D eigenvalue weighted by atomic mass is 10.3. The maximum absolute atomic E-state index is 13.1. The van der Waals surface area contributed by atoms with Gasteiger partial charge in [-0.15, -0.1) is 13.2 Å². The van der Waals surface area contributed by atoms with E-state index < -0.39 is 73.3 Å². The average Bonchev–Trinajstić information content (AvgIpc) is 2.75. The van der Waals surface area contributed by atoms with Gasteiger partial charge in [0, 0.05) is 5.69 Å². The summed E-state index contributed by atoms with van der Waals surface area (Å²) in [5, 5.41) is 3.70. The Kier molecular flexibility index (Phi) is 8.86. The van der Waals surface area contributed by atoms with Gasteiger partial charge in [-0.3, -0.25) is 5.32 Å². The second-order valence-corrected chi connectivity index (χ2v) is 7.00. The van der Waals surface area contributed by atoms with E-state index in [-0.39, 0.29) is 11.8 Å². The minimum absolute atomic E-state index is 0.182. The molecule has 0 fully saturated rings. The molecule has 0 aliphatic carbocycles. The largest absolute Gasteiger partial charge is 0.573 e. The molecule has 2 aromatic rings. The molecule has 0 saturated heterocycles. The fourth-order valence-corrected chi connectivity index (χ4v) is 2.10.